The third kappa shape index (κ3) is 4.28. The van der Waals surface area contributed by atoms with Crippen LogP contribution < -0.4 is 4.74 Å². The van der Waals surface area contributed by atoms with Gasteiger partial charge in [0.1, 0.15) is 11.6 Å². The van der Waals surface area contributed by atoms with Crippen molar-refractivity contribution in [3.63, 3.8) is 0 Å². The van der Waals surface area contributed by atoms with Crippen molar-refractivity contribution in [2.75, 3.05) is 7.11 Å². The van der Waals surface area contributed by atoms with Crippen LogP contribution in [0.5, 0.6) is 5.75 Å². The molecule has 0 heterocycles. The van der Waals surface area contributed by atoms with Gasteiger partial charge in [-0.25, -0.2) is 9.18 Å². The van der Waals surface area contributed by atoms with E-state index in [1.54, 1.807) is 18.2 Å². The molecule has 0 saturated heterocycles. The van der Waals surface area contributed by atoms with Gasteiger partial charge in [-0.3, -0.25) is 0 Å². The van der Waals surface area contributed by atoms with Gasteiger partial charge in [0.15, 0.2) is 5.76 Å². The molecule has 3 nitrogen and oxygen atoms in total. The van der Waals surface area contributed by atoms with E-state index >= 15 is 0 Å². The molecule has 0 aliphatic heterocycles. The van der Waals surface area contributed by atoms with Crippen LogP contribution in [0.15, 0.2) is 78.6 Å². The van der Waals surface area contributed by atoms with Crippen molar-refractivity contribution in [2.45, 2.75) is 0 Å². The Bertz CT molecular complexity index is 1020. The Morgan fingerprint density at radius 3 is 2.50 bits per heavy atom. The van der Waals surface area contributed by atoms with E-state index in [1.165, 1.54) is 25.3 Å². The van der Waals surface area contributed by atoms with E-state index in [2.05, 4.69) is 11.8 Å². The molecule has 4 heteroatoms. The van der Waals surface area contributed by atoms with Gasteiger partial charge in [0.25, 0.3) is 0 Å². The first kappa shape index (κ1) is 17.2. The van der Waals surface area contributed by atoms with Crippen LogP contribution in [0.1, 0.15) is 5.56 Å². The highest BCUT2D eigenvalue weighted by Gasteiger charge is 2.07. The van der Waals surface area contributed by atoms with Crippen LogP contribution >= 0.6 is 0 Å². The first-order chi connectivity index (χ1) is 12.7. The number of esters is 1. The molecule has 3 aromatic carbocycles. The van der Waals surface area contributed by atoms with Crippen LogP contribution in [0.3, 0.4) is 0 Å². The fourth-order valence-corrected chi connectivity index (χ4v) is 2.34. The normalized spacial score (nSPS) is 10.8. The molecule has 3 aromatic rings. The summed E-state index contributed by atoms with van der Waals surface area (Å²) in [6, 6.07) is 18.8. The van der Waals surface area contributed by atoms with Gasteiger partial charge in [0.05, 0.1) is 13.2 Å². The third-order valence-corrected chi connectivity index (χ3v) is 3.60. The number of fused-ring (bicyclic) bond motifs is 1. The lowest BCUT2D eigenvalue weighted by Crippen LogP contribution is -2.06. The summed E-state index contributed by atoms with van der Waals surface area (Å²) in [5.41, 5.74) is 0.608. The van der Waals surface area contributed by atoms with Crippen LogP contribution in [0.25, 0.3) is 10.8 Å². The summed E-state index contributed by atoms with van der Waals surface area (Å²) in [6.45, 7) is 0. The van der Waals surface area contributed by atoms with Gasteiger partial charge in [-0.1, -0.05) is 42.3 Å². The highest BCUT2D eigenvalue weighted by atomic mass is 19.1. The Hall–Kier alpha value is -3.58. The molecule has 0 amide bonds. The number of halogens is 1. The smallest absolute Gasteiger partial charge is 0.340 e. The van der Waals surface area contributed by atoms with E-state index in [9.17, 15) is 9.18 Å². The molecule has 0 spiro atoms. The standard InChI is InChI=1S/C22H15FO3/c1-25-19(14-11-16-9-12-18(23)13-10-16)15-22(24)26-21-8-4-6-17-5-2-3-7-20(17)21/h2-10,12-13,15H,1H3/b19-15-. The molecule has 0 aromatic heterocycles. The fourth-order valence-electron chi connectivity index (χ4n) is 2.34. The Morgan fingerprint density at radius 1 is 1.00 bits per heavy atom. The average Bonchev–Trinajstić information content (AvgIpc) is 2.66. The van der Waals surface area contributed by atoms with E-state index in [1.807, 2.05) is 36.4 Å². The minimum Gasteiger partial charge on any atom is -0.488 e. The molecule has 0 bridgehead atoms. The van der Waals surface area contributed by atoms with Crippen molar-refractivity contribution in [3.8, 4) is 17.6 Å². The molecular formula is C22H15FO3. The largest absolute Gasteiger partial charge is 0.488 e. The van der Waals surface area contributed by atoms with E-state index in [-0.39, 0.29) is 11.6 Å². The lowest BCUT2D eigenvalue weighted by Gasteiger charge is -2.06. The summed E-state index contributed by atoms with van der Waals surface area (Å²) in [6.07, 6.45) is 1.18. The Labute approximate surface area is 150 Å². The highest BCUT2D eigenvalue weighted by molar-refractivity contribution is 5.92. The number of carbonyl (C=O) groups excluding carboxylic acids is 1. The summed E-state index contributed by atoms with van der Waals surface area (Å²) < 4.78 is 23.4. The van der Waals surface area contributed by atoms with Crippen LogP contribution in [-0.2, 0) is 9.53 Å². The van der Waals surface area contributed by atoms with Crippen LogP contribution in [-0.4, -0.2) is 13.1 Å². The van der Waals surface area contributed by atoms with Crippen molar-refractivity contribution in [3.05, 3.63) is 89.9 Å². The van der Waals surface area contributed by atoms with Crippen molar-refractivity contribution in [2.24, 2.45) is 0 Å². The van der Waals surface area contributed by atoms with Gasteiger partial charge < -0.3 is 9.47 Å². The van der Waals surface area contributed by atoms with Crippen LogP contribution in [0, 0.1) is 17.7 Å². The molecule has 26 heavy (non-hydrogen) atoms. The molecular weight excluding hydrogens is 331 g/mol. The molecule has 0 aliphatic carbocycles. The van der Waals surface area contributed by atoms with Crippen LogP contribution in [0.2, 0.25) is 0 Å². The Morgan fingerprint density at radius 2 is 1.73 bits per heavy atom. The predicted molar refractivity (Wildman–Crippen MR) is 98.0 cm³/mol. The summed E-state index contributed by atoms with van der Waals surface area (Å²) in [5.74, 6) is 5.22. The zero-order valence-corrected chi connectivity index (χ0v) is 14.0. The second-order valence-corrected chi connectivity index (χ2v) is 5.37. The number of hydrogen-bond acceptors (Lipinski definition) is 3. The first-order valence-electron chi connectivity index (χ1n) is 7.88. The maximum absolute atomic E-state index is 12.9. The SMILES string of the molecule is CO/C(C#Cc1ccc(F)cc1)=C\C(=O)Oc1cccc2ccccc12. The van der Waals surface area contributed by atoms with Crippen LogP contribution in [0.4, 0.5) is 4.39 Å². The number of rotatable bonds is 3. The maximum Gasteiger partial charge on any atom is 0.340 e. The minimum absolute atomic E-state index is 0.152. The number of allylic oxidation sites excluding steroid dienone is 1. The lowest BCUT2D eigenvalue weighted by atomic mass is 10.1. The molecule has 0 radical (unpaired) electrons. The topological polar surface area (TPSA) is 35.5 Å². The second-order valence-electron chi connectivity index (χ2n) is 5.37. The maximum atomic E-state index is 12.9. The molecule has 0 fully saturated rings. The molecule has 0 saturated carbocycles. The van der Waals surface area contributed by atoms with Gasteiger partial charge in [-0.2, -0.15) is 0 Å². The first-order valence-corrected chi connectivity index (χ1v) is 7.88. The van der Waals surface area contributed by atoms with Crippen molar-refractivity contribution >= 4 is 16.7 Å². The van der Waals surface area contributed by atoms with Gasteiger partial charge in [-0.15, -0.1) is 0 Å². The molecule has 0 unspecified atom stereocenters. The van der Waals surface area contributed by atoms with E-state index in [4.69, 9.17) is 9.47 Å². The Balaban J connectivity index is 1.79. The van der Waals surface area contributed by atoms with Crippen molar-refractivity contribution in [1.29, 1.82) is 0 Å². The highest BCUT2D eigenvalue weighted by Crippen LogP contribution is 2.25. The van der Waals surface area contributed by atoms with Gasteiger partial charge in [0, 0.05) is 10.9 Å². The fraction of sp³-hybridized carbons (Fsp3) is 0.0455. The number of ether oxygens (including phenoxy) is 2. The second kappa shape index (κ2) is 8.00. The number of benzene rings is 3. The summed E-state index contributed by atoms with van der Waals surface area (Å²) >= 11 is 0. The third-order valence-electron chi connectivity index (χ3n) is 3.60. The monoisotopic (exact) mass is 346 g/mol. The summed E-state index contributed by atoms with van der Waals surface area (Å²) in [5, 5.41) is 1.82. The van der Waals surface area contributed by atoms with Gasteiger partial charge >= 0.3 is 5.97 Å². The molecule has 3 rings (SSSR count). The molecule has 0 N–H and O–H groups in total. The number of methoxy groups -OCH3 is 1. The quantitative estimate of drug-likeness (QED) is 0.231. The van der Waals surface area contributed by atoms with Crippen molar-refractivity contribution < 1.29 is 18.7 Å². The lowest BCUT2D eigenvalue weighted by molar-refractivity contribution is -0.129. The predicted octanol–water partition coefficient (Wildman–Crippen LogP) is 4.47. The van der Waals surface area contributed by atoms with E-state index in [0.717, 1.165) is 10.8 Å². The molecule has 0 aliphatic rings. The summed E-state index contributed by atoms with van der Waals surface area (Å²) in [4.78, 5) is 12.2. The zero-order valence-electron chi connectivity index (χ0n) is 14.0. The molecule has 128 valence electrons. The van der Waals surface area contributed by atoms with Crippen molar-refractivity contribution in [1.82, 2.24) is 0 Å². The number of hydrogen-bond donors (Lipinski definition) is 0. The Kier molecular flexibility index (Phi) is 5.31. The summed E-state index contributed by atoms with van der Waals surface area (Å²) in [7, 11) is 1.41. The minimum atomic E-state index is -0.591. The molecule has 0 atom stereocenters. The van der Waals surface area contributed by atoms with Gasteiger partial charge in [-0.05, 0) is 41.6 Å². The zero-order chi connectivity index (χ0) is 18.4. The van der Waals surface area contributed by atoms with Gasteiger partial charge in [0.2, 0.25) is 0 Å². The van der Waals surface area contributed by atoms with E-state index in [0.29, 0.717) is 11.3 Å². The average molecular weight is 346 g/mol. The van der Waals surface area contributed by atoms with E-state index < -0.39 is 5.97 Å². The number of carbonyl (C=O) groups is 1.